The molecule has 0 aromatic heterocycles. The third-order valence-corrected chi connectivity index (χ3v) is 11.0. The fourth-order valence-corrected chi connectivity index (χ4v) is 8.66. The van der Waals surface area contributed by atoms with Crippen LogP contribution in [0.3, 0.4) is 0 Å². The number of hydrogen-bond donors (Lipinski definition) is 0. The molecule has 0 aliphatic rings. The van der Waals surface area contributed by atoms with Crippen molar-refractivity contribution in [1.29, 1.82) is 0 Å². The number of hydrogen-bond acceptors (Lipinski definition) is 8. The van der Waals surface area contributed by atoms with Crippen molar-refractivity contribution in [3.8, 4) is 34.5 Å². The van der Waals surface area contributed by atoms with Crippen LogP contribution in [0, 0.1) is 0 Å². The van der Waals surface area contributed by atoms with Crippen molar-refractivity contribution in [2.24, 2.45) is 4.52 Å². The Morgan fingerprint density at radius 2 is 0.702 bits per heavy atom. The van der Waals surface area contributed by atoms with Crippen LogP contribution in [0.25, 0.3) is 0 Å². The van der Waals surface area contributed by atoms with E-state index < -0.39 is 25.1 Å². The minimum Gasteiger partial charge on any atom is -0.437 e. The van der Waals surface area contributed by atoms with E-state index in [0.29, 0.717) is 34.5 Å². The van der Waals surface area contributed by atoms with Gasteiger partial charge in [0.1, 0.15) is 34.5 Å². The van der Waals surface area contributed by atoms with Crippen molar-refractivity contribution in [2.75, 3.05) is 0 Å². The number of nitrogens with zero attached hydrogens (tertiary/aromatic N) is 2. The van der Waals surface area contributed by atoms with E-state index in [1.807, 2.05) is 182 Å². The van der Waals surface area contributed by atoms with Gasteiger partial charge in [0.2, 0.25) is 0 Å². The van der Waals surface area contributed by atoms with E-state index in [9.17, 15) is 0 Å². The summed E-state index contributed by atoms with van der Waals surface area (Å²) in [6, 6.07) is 56.5. The van der Waals surface area contributed by atoms with Gasteiger partial charge >= 0.3 is 25.1 Å². The standard InChI is InChI=1S/C36H31N2O6P3/c1-7-19-31(20-8-1)39-38(47(43-35-27-15-5-16-28-35)44-36-29-17-6-18-30-36)45(40-32-21-9-2-10-22-32)37-46(41-33-23-11-3-12-24-33)42-34-25-13-4-14-26-34/h1-30,46H. The predicted molar refractivity (Wildman–Crippen MR) is 189 cm³/mol. The largest absolute Gasteiger partial charge is 0.437 e. The Labute approximate surface area is 277 Å². The molecular weight excluding hydrogens is 649 g/mol. The summed E-state index contributed by atoms with van der Waals surface area (Å²) in [5.41, 5.74) is 0. The lowest BCUT2D eigenvalue weighted by atomic mass is 10.3. The van der Waals surface area contributed by atoms with Crippen LogP contribution in [0.1, 0.15) is 0 Å². The van der Waals surface area contributed by atoms with Gasteiger partial charge < -0.3 is 27.5 Å². The highest BCUT2D eigenvalue weighted by molar-refractivity contribution is 7.65. The van der Waals surface area contributed by atoms with Gasteiger partial charge in [0, 0.05) is 4.60 Å². The number of rotatable bonds is 15. The van der Waals surface area contributed by atoms with Crippen LogP contribution in [-0.2, 0) is 0 Å². The molecule has 0 heterocycles. The Hall–Kier alpha value is -4.83. The molecule has 1 atom stereocenters. The van der Waals surface area contributed by atoms with E-state index >= 15 is 0 Å². The van der Waals surface area contributed by atoms with Crippen molar-refractivity contribution in [3.63, 3.8) is 0 Å². The van der Waals surface area contributed by atoms with E-state index in [-0.39, 0.29) is 0 Å². The van der Waals surface area contributed by atoms with Gasteiger partial charge in [0.05, 0.1) is 0 Å². The summed E-state index contributed by atoms with van der Waals surface area (Å²) in [6.07, 6.45) is 0. The van der Waals surface area contributed by atoms with Crippen molar-refractivity contribution < 1.29 is 27.5 Å². The molecule has 0 bridgehead atoms. The van der Waals surface area contributed by atoms with Gasteiger partial charge in [-0.1, -0.05) is 109 Å². The molecular formula is C36H31N2O6P3. The van der Waals surface area contributed by atoms with Crippen molar-refractivity contribution in [3.05, 3.63) is 182 Å². The topological polar surface area (TPSA) is 71.0 Å². The molecule has 47 heavy (non-hydrogen) atoms. The summed E-state index contributed by atoms with van der Waals surface area (Å²) in [4.78, 5) is 6.58. The Morgan fingerprint density at radius 3 is 1.09 bits per heavy atom. The predicted octanol–water partition coefficient (Wildman–Crippen LogP) is 11.4. The van der Waals surface area contributed by atoms with E-state index in [2.05, 4.69) is 0 Å². The first-order valence-corrected chi connectivity index (χ1v) is 18.2. The molecule has 0 spiro atoms. The van der Waals surface area contributed by atoms with Gasteiger partial charge in [-0.25, -0.2) is 0 Å². The maximum absolute atomic E-state index is 6.63. The van der Waals surface area contributed by atoms with E-state index in [1.54, 1.807) is 4.60 Å². The lowest BCUT2D eigenvalue weighted by molar-refractivity contribution is 0.109. The Bertz CT molecular complexity index is 1710. The molecule has 0 fully saturated rings. The van der Waals surface area contributed by atoms with Gasteiger partial charge in [-0.3, -0.25) is 0 Å². The van der Waals surface area contributed by atoms with Gasteiger partial charge in [-0.05, 0) is 72.8 Å². The Balaban J connectivity index is 1.47. The minimum absolute atomic E-state index is 0.536. The van der Waals surface area contributed by atoms with Crippen LogP contribution in [0.2, 0.25) is 0 Å². The van der Waals surface area contributed by atoms with Crippen LogP contribution < -0.4 is 27.5 Å². The lowest BCUT2D eigenvalue weighted by Gasteiger charge is -2.31. The number of benzene rings is 6. The molecule has 6 rings (SSSR count). The molecule has 0 N–H and O–H groups in total. The fraction of sp³-hybridized carbons (Fsp3) is 0. The third kappa shape index (κ3) is 10.1. The highest BCUT2D eigenvalue weighted by Gasteiger charge is 2.39. The molecule has 0 radical (unpaired) electrons. The highest BCUT2D eigenvalue weighted by Crippen LogP contribution is 2.61. The Kier molecular flexibility index (Phi) is 11.7. The second-order valence-corrected chi connectivity index (χ2v) is 13.9. The van der Waals surface area contributed by atoms with Crippen LogP contribution in [0.5, 0.6) is 34.5 Å². The molecule has 0 saturated heterocycles. The van der Waals surface area contributed by atoms with Gasteiger partial charge in [0.15, 0.2) is 0 Å². The minimum atomic E-state index is -2.47. The molecule has 0 saturated carbocycles. The second-order valence-electron chi connectivity index (χ2n) is 9.56. The lowest BCUT2D eigenvalue weighted by Crippen LogP contribution is -2.23. The first-order chi connectivity index (χ1) is 23.3. The monoisotopic (exact) mass is 680 g/mol. The quantitative estimate of drug-likeness (QED) is 0.0789. The van der Waals surface area contributed by atoms with E-state index in [1.165, 1.54) is 0 Å². The van der Waals surface area contributed by atoms with Gasteiger partial charge in [0.25, 0.3) is 0 Å². The molecule has 6 aromatic carbocycles. The zero-order valence-electron chi connectivity index (χ0n) is 25.1. The second kappa shape index (κ2) is 17.2. The molecule has 0 amide bonds. The summed E-state index contributed by atoms with van der Waals surface area (Å²) in [7, 11) is -6.61. The van der Waals surface area contributed by atoms with Crippen molar-refractivity contribution in [1.82, 2.24) is 4.60 Å². The summed E-state index contributed by atoms with van der Waals surface area (Å²) >= 11 is 0. The molecule has 8 nitrogen and oxygen atoms in total. The van der Waals surface area contributed by atoms with Gasteiger partial charge in [-0.2, -0.15) is 4.52 Å². The molecule has 0 aliphatic heterocycles. The van der Waals surface area contributed by atoms with Crippen LogP contribution in [0.4, 0.5) is 0 Å². The maximum Gasteiger partial charge on any atom is 0.429 e. The molecule has 1 unspecified atom stereocenters. The third-order valence-electron chi connectivity index (χ3n) is 6.06. The summed E-state index contributed by atoms with van der Waals surface area (Å²) < 4.78 is 39.2. The van der Waals surface area contributed by atoms with Crippen LogP contribution in [-0.4, -0.2) is 4.60 Å². The Morgan fingerprint density at radius 1 is 0.383 bits per heavy atom. The number of para-hydroxylation sites is 6. The van der Waals surface area contributed by atoms with Crippen LogP contribution in [0.15, 0.2) is 187 Å². The smallest absolute Gasteiger partial charge is 0.429 e. The fourth-order valence-electron chi connectivity index (χ4n) is 3.92. The first kappa shape index (κ1) is 32.1. The summed E-state index contributed by atoms with van der Waals surface area (Å²) in [5, 5.41) is 0. The van der Waals surface area contributed by atoms with E-state index in [4.69, 9.17) is 32.0 Å². The molecule has 236 valence electrons. The average molecular weight is 681 g/mol. The van der Waals surface area contributed by atoms with Crippen LogP contribution >= 0.6 is 25.1 Å². The first-order valence-electron chi connectivity index (χ1n) is 14.7. The van der Waals surface area contributed by atoms with Crippen molar-refractivity contribution >= 4 is 25.1 Å². The SMILES string of the molecule is c1ccc(ON(P(N=[PH](Oc2ccccc2)Oc2ccccc2)Oc2ccccc2)P(Oc2ccccc2)Oc2ccccc2)cc1. The van der Waals surface area contributed by atoms with E-state index in [0.717, 1.165) is 0 Å². The molecule has 11 heteroatoms. The summed E-state index contributed by atoms with van der Waals surface area (Å²) in [6.45, 7) is 0. The summed E-state index contributed by atoms with van der Waals surface area (Å²) in [5.74, 6) is 3.48. The normalized spacial score (nSPS) is 11.5. The maximum atomic E-state index is 6.63. The van der Waals surface area contributed by atoms with Crippen molar-refractivity contribution in [2.45, 2.75) is 0 Å². The van der Waals surface area contributed by atoms with Gasteiger partial charge in [-0.15, -0.1) is 0 Å². The molecule has 0 aliphatic carbocycles. The highest BCUT2D eigenvalue weighted by atomic mass is 31.2. The zero-order chi connectivity index (χ0) is 31.9. The average Bonchev–Trinajstić information content (AvgIpc) is 3.13. The molecule has 6 aromatic rings. The zero-order valence-corrected chi connectivity index (χ0v) is 27.8.